The summed E-state index contributed by atoms with van der Waals surface area (Å²) in [6, 6.07) is 5.12. The molecule has 1 aliphatic heterocycles. The SMILES string of the molecule is O=C(c1ccc(Cl)cc1Br)N1CC(O)(C2CC2)C1. The fraction of sp³-hybridized carbons (Fsp3) is 0.462. The molecule has 1 aromatic rings. The maximum atomic E-state index is 12.2. The largest absolute Gasteiger partial charge is 0.386 e. The maximum absolute atomic E-state index is 12.2. The van der Waals surface area contributed by atoms with Crippen molar-refractivity contribution in [1.82, 2.24) is 4.90 Å². The minimum Gasteiger partial charge on any atom is -0.386 e. The predicted octanol–water partition coefficient (Wildman–Crippen LogP) is 2.70. The Kier molecular flexibility index (Phi) is 2.92. The number of likely N-dealkylation sites (tertiary alicyclic amines) is 1. The van der Waals surface area contributed by atoms with Crippen molar-refractivity contribution in [3.8, 4) is 0 Å². The highest BCUT2D eigenvalue weighted by Crippen LogP contribution is 2.45. The quantitative estimate of drug-likeness (QED) is 0.906. The Bertz CT molecular complexity index is 510. The van der Waals surface area contributed by atoms with Crippen LogP contribution in [0.15, 0.2) is 22.7 Å². The number of rotatable bonds is 2. The van der Waals surface area contributed by atoms with Crippen LogP contribution in [0.2, 0.25) is 5.02 Å². The third-order valence-corrected chi connectivity index (χ3v) is 4.61. The number of β-amino-alcohol motifs (C(OH)–C–C–N with tert-alkyl or cyclic N) is 1. The molecule has 2 aliphatic rings. The summed E-state index contributed by atoms with van der Waals surface area (Å²) in [6.07, 6.45) is 2.17. The lowest BCUT2D eigenvalue weighted by Crippen LogP contribution is -2.64. The van der Waals surface area contributed by atoms with Crippen LogP contribution in [0.3, 0.4) is 0 Å². The van der Waals surface area contributed by atoms with Gasteiger partial charge in [-0.2, -0.15) is 0 Å². The van der Waals surface area contributed by atoms with Gasteiger partial charge in [0.25, 0.3) is 5.91 Å². The molecule has 1 aromatic carbocycles. The molecule has 0 radical (unpaired) electrons. The minimum absolute atomic E-state index is 0.0520. The fourth-order valence-electron chi connectivity index (χ4n) is 2.47. The Morgan fingerprint density at radius 2 is 2.11 bits per heavy atom. The summed E-state index contributed by atoms with van der Waals surface area (Å²) in [6.45, 7) is 0.900. The van der Waals surface area contributed by atoms with Crippen LogP contribution in [0.4, 0.5) is 0 Å². The van der Waals surface area contributed by atoms with E-state index in [-0.39, 0.29) is 5.91 Å². The molecule has 18 heavy (non-hydrogen) atoms. The third-order valence-electron chi connectivity index (χ3n) is 3.72. The van der Waals surface area contributed by atoms with Gasteiger partial charge in [-0.15, -0.1) is 0 Å². The number of halogens is 2. The van der Waals surface area contributed by atoms with Crippen LogP contribution >= 0.6 is 27.5 Å². The molecule has 0 atom stereocenters. The highest BCUT2D eigenvalue weighted by atomic mass is 79.9. The monoisotopic (exact) mass is 329 g/mol. The number of hydrogen-bond acceptors (Lipinski definition) is 2. The van der Waals surface area contributed by atoms with Crippen LogP contribution < -0.4 is 0 Å². The molecule has 3 rings (SSSR count). The molecule has 0 unspecified atom stereocenters. The topological polar surface area (TPSA) is 40.5 Å². The predicted molar refractivity (Wildman–Crippen MR) is 72.7 cm³/mol. The molecule has 2 fully saturated rings. The molecule has 1 N–H and O–H groups in total. The van der Waals surface area contributed by atoms with Crippen molar-refractivity contribution in [3.63, 3.8) is 0 Å². The van der Waals surface area contributed by atoms with E-state index in [2.05, 4.69) is 15.9 Å². The van der Waals surface area contributed by atoms with Crippen molar-refractivity contribution in [3.05, 3.63) is 33.3 Å². The Balaban J connectivity index is 1.72. The fourth-order valence-corrected chi connectivity index (χ4v) is 3.32. The normalized spacial score (nSPS) is 21.6. The van der Waals surface area contributed by atoms with Gasteiger partial charge in [-0.3, -0.25) is 4.79 Å². The summed E-state index contributed by atoms with van der Waals surface area (Å²) in [7, 11) is 0. The van der Waals surface area contributed by atoms with Gasteiger partial charge in [0.1, 0.15) is 5.60 Å². The zero-order valence-corrected chi connectivity index (χ0v) is 12.0. The molecular formula is C13H13BrClNO2. The minimum atomic E-state index is -0.630. The van der Waals surface area contributed by atoms with E-state index in [1.54, 1.807) is 23.1 Å². The lowest BCUT2D eigenvalue weighted by atomic mass is 9.88. The molecule has 0 bridgehead atoms. The summed E-state index contributed by atoms with van der Waals surface area (Å²) < 4.78 is 0.696. The van der Waals surface area contributed by atoms with Crippen molar-refractivity contribution in [2.75, 3.05) is 13.1 Å². The van der Waals surface area contributed by atoms with Gasteiger partial charge >= 0.3 is 0 Å². The maximum Gasteiger partial charge on any atom is 0.255 e. The molecule has 1 aliphatic carbocycles. The number of aliphatic hydroxyl groups is 1. The van der Waals surface area contributed by atoms with Crippen LogP contribution in [-0.2, 0) is 0 Å². The summed E-state index contributed by atoms with van der Waals surface area (Å²) in [4.78, 5) is 13.9. The highest BCUT2D eigenvalue weighted by Gasteiger charge is 2.53. The van der Waals surface area contributed by atoms with Crippen LogP contribution in [0.25, 0.3) is 0 Å². The smallest absolute Gasteiger partial charge is 0.255 e. The lowest BCUT2D eigenvalue weighted by molar-refractivity contribution is -0.0958. The summed E-state index contributed by atoms with van der Waals surface area (Å²) in [5.41, 5.74) is -0.0357. The van der Waals surface area contributed by atoms with Crippen LogP contribution in [0.5, 0.6) is 0 Å². The molecule has 96 valence electrons. The van der Waals surface area contributed by atoms with Crippen LogP contribution in [-0.4, -0.2) is 34.6 Å². The van der Waals surface area contributed by atoms with E-state index in [9.17, 15) is 9.90 Å². The van der Waals surface area contributed by atoms with Gasteiger partial charge in [-0.25, -0.2) is 0 Å². The average molecular weight is 331 g/mol. The van der Waals surface area contributed by atoms with Crippen molar-refractivity contribution < 1.29 is 9.90 Å². The van der Waals surface area contributed by atoms with Gasteiger partial charge in [0.2, 0.25) is 0 Å². The van der Waals surface area contributed by atoms with Gasteiger partial charge < -0.3 is 10.0 Å². The third kappa shape index (κ3) is 2.06. The van der Waals surface area contributed by atoms with E-state index in [1.165, 1.54) is 0 Å². The van der Waals surface area contributed by atoms with Crippen LogP contribution in [0.1, 0.15) is 23.2 Å². The van der Waals surface area contributed by atoms with Crippen molar-refractivity contribution in [2.45, 2.75) is 18.4 Å². The Morgan fingerprint density at radius 1 is 1.44 bits per heavy atom. The zero-order chi connectivity index (χ0) is 12.9. The highest BCUT2D eigenvalue weighted by molar-refractivity contribution is 9.10. The lowest BCUT2D eigenvalue weighted by Gasteiger charge is -2.47. The first-order chi connectivity index (χ1) is 8.49. The first kappa shape index (κ1) is 12.5. The van der Waals surface area contributed by atoms with Crippen molar-refractivity contribution in [1.29, 1.82) is 0 Å². The van der Waals surface area contributed by atoms with Gasteiger partial charge in [0.15, 0.2) is 0 Å². The van der Waals surface area contributed by atoms with E-state index in [4.69, 9.17) is 11.6 Å². The number of hydrogen-bond donors (Lipinski definition) is 1. The molecule has 1 heterocycles. The van der Waals surface area contributed by atoms with Gasteiger partial charge in [-0.05, 0) is 52.9 Å². The zero-order valence-electron chi connectivity index (χ0n) is 9.70. The summed E-state index contributed by atoms with van der Waals surface area (Å²) in [5, 5.41) is 10.8. The van der Waals surface area contributed by atoms with E-state index in [1.807, 2.05) is 0 Å². The number of carbonyl (C=O) groups excluding carboxylic acids is 1. The number of amides is 1. The molecule has 1 saturated heterocycles. The van der Waals surface area contributed by atoms with Gasteiger partial charge in [0.05, 0.1) is 18.7 Å². The molecule has 5 heteroatoms. The van der Waals surface area contributed by atoms with E-state index in [0.717, 1.165) is 12.8 Å². The van der Waals surface area contributed by atoms with Gasteiger partial charge in [-0.1, -0.05) is 11.6 Å². The first-order valence-corrected chi connectivity index (χ1v) is 7.13. The molecule has 1 amide bonds. The van der Waals surface area contributed by atoms with Crippen LogP contribution in [0, 0.1) is 5.92 Å². The van der Waals surface area contributed by atoms with Crippen molar-refractivity contribution >= 4 is 33.4 Å². The summed E-state index contributed by atoms with van der Waals surface area (Å²) >= 11 is 9.19. The van der Waals surface area contributed by atoms with E-state index >= 15 is 0 Å². The molecule has 3 nitrogen and oxygen atoms in total. The number of benzene rings is 1. The average Bonchev–Trinajstić information content (AvgIpc) is 3.08. The Labute approximate surface area is 119 Å². The Hall–Kier alpha value is -0.580. The van der Waals surface area contributed by atoms with E-state index in [0.29, 0.717) is 34.1 Å². The first-order valence-electron chi connectivity index (χ1n) is 5.96. The Morgan fingerprint density at radius 3 is 2.67 bits per heavy atom. The van der Waals surface area contributed by atoms with Gasteiger partial charge in [0, 0.05) is 9.50 Å². The molecule has 0 spiro atoms. The molecule has 0 aromatic heterocycles. The molecular weight excluding hydrogens is 318 g/mol. The van der Waals surface area contributed by atoms with E-state index < -0.39 is 5.60 Å². The standard InChI is InChI=1S/C13H13BrClNO2/c14-11-5-9(15)3-4-10(11)12(17)16-6-13(18,7-16)8-1-2-8/h3-5,8,18H,1-2,6-7H2. The summed E-state index contributed by atoms with van der Waals surface area (Å²) in [5.74, 6) is 0.346. The second kappa shape index (κ2) is 4.22. The molecule has 1 saturated carbocycles. The number of carbonyl (C=O) groups is 1. The number of nitrogens with zero attached hydrogens (tertiary/aromatic N) is 1. The second-order valence-electron chi connectivity index (χ2n) is 5.16. The van der Waals surface area contributed by atoms with Crippen molar-refractivity contribution in [2.24, 2.45) is 5.92 Å². The second-order valence-corrected chi connectivity index (χ2v) is 6.45.